The summed E-state index contributed by atoms with van der Waals surface area (Å²) < 4.78 is 31.3. The summed E-state index contributed by atoms with van der Waals surface area (Å²) in [5.74, 6) is 2.93. The number of ether oxygens (including phenoxy) is 1. The third-order valence-electron chi connectivity index (χ3n) is 8.58. The molecule has 1 fully saturated rings. The van der Waals surface area contributed by atoms with Gasteiger partial charge in [0.2, 0.25) is 0 Å². The second-order valence-corrected chi connectivity index (χ2v) is 13.3. The van der Waals surface area contributed by atoms with Crippen LogP contribution in [0.5, 0.6) is 0 Å². The molecule has 7 nitrogen and oxygen atoms in total. The number of nitrogens with one attached hydrogen (secondary N) is 1. The van der Waals surface area contributed by atoms with Crippen molar-refractivity contribution >= 4 is 38.7 Å². The number of hydrogen-bond donors (Lipinski definition) is 2. The minimum atomic E-state index is -3.54. The third-order valence-corrected chi connectivity index (χ3v) is 9.28. The molecule has 1 unspecified atom stereocenters. The minimum absolute atomic E-state index is 0. The standard InChI is InChI=1S/C32H42BN3O4S.U/c1-22-8-6-12-28-30(18-22)40-21-24(9-7-16-35-17-15-33-41(34,38)39)20-36-29-19-26(23(2)37)13-14-27(29)31(32(28)36)25-10-4-3-5-11-25;/h6,8,12-14,18-19,24-25,35H,3-5,7,9-11,15-17,20-21H2,1-2H3,(H2,34,38,39);/q-1;. The zero-order chi connectivity index (χ0) is 29.0. The van der Waals surface area contributed by atoms with Gasteiger partial charge in [-0.2, -0.15) is 18.1 Å². The number of rotatable bonds is 10. The van der Waals surface area contributed by atoms with Crippen LogP contribution in [0, 0.1) is 42.9 Å². The van der Waals surface area contributed by atoms with Gasteiger partial charge in [-0.1, -0.05) is 38.3 Å². The summed E-state index contributed by atoms with van der Waals surface area (Å²) in [6, 6.07) is 6.28. The number of carbonyl (C=O) groups is 1. The topological polar surface area (TPSA) is 103 Å². The van der Waals surface area contributed by atoms with E-state index in [-0.39, 0.29) is 42.8 Å². The van der Waals surface area contributed by atoms with Gasteiger partial charge in [-0.05, 0) is 75.1 Å². The minimum Gasteiger partial charge on any atom is -0.549 e. The first-order chi connectivity index (χ1) is 19.7. The Labute approximate surface area is 275 Å². The molecule has 2 aromatic rings. The number of aromatic nitrogens is 1. The average molecular weight is 814 g/mol. The number of benzene rings is 1. The van der Waals surface area contributed by atoms with Crippen molar-refractivity contribution < 1.29 is 49.1 Å². The molecular weight excluding hydrogens is 771 g/mol. The molecule has 1 saturated carbocycles. The molecule has 3 aliphatic rings. The molecule has 1 atom stereocenters. The molecule has 42 heavy (non-hydrogen) atoms. The maximum absolute atomic E-state index is 12.5. The number of carbonyl (C=O) groups excluding carboxylic acids is 1. The van der Waals surface area contributed by atoms with Crippen LogP contribution in [0.2, 0.25) is 6.32 Å². The van der Waals surface area contributed by atoms with Crippen molar-refractivity contribution in [1.29, 1.82) is 0 Å². The Bertz CT molecular complexity index is 1470. The van der Waals surface area contributed by atoms with Crippen LogP contribution in [-0.4, -0.2) is 45.0 Å². The van der Waals surface area contributed by atoms with Crippen molar-refractivity contribution in [3.8, 4) is 0 Å². The van der Waals surface area contributed by atoms with Crippen LogP contribution in [0.1, 0.15) is 86.3 Å². The monoisotopic (exact) mass is 813 g/mol. The molecule has 0 saturated heterocycles. The van der Waals surface area contributed by atoms with Crippen LogP contribution in [0.3, 0.4) is 0 Å². The second kappa shape index (κ2) is 14.9. The second-order valence-electron chi connectivity index (χ2n) is 11.8. The maximum Gasteiger partial charge on any atom is 0.301 e. The first-order valence-electron chi connectivity index (χ1n) is 15.0. The summed E-state index contributed by atoms with van der Waals surface area (Å²) in [4.78, 5) is 12.5. The van der Waals surface area contributed by atoms with Crippen molar-refractivity contribution in [3.63, 3.8) is 0 Å². The number of nitrogens with zero attached hydrogens (tertiary/aromatic N) is 1. The predicted octanol–water partition coefficient (Wildman–Crippen LogP) is 5.67. The van der Waals surface area contributed by atoms with Gasteiger partial charge >= 0.3 is 6.56 Å². The zero-order valence-corrected chi connectivity index (χ0v) is 29.8. The van der Waals surface area contributed by atoms with E-state index >= 15 is 0 Å². The van der Waals surface area contributed by atoms with Crippen molar-refractivity contribution in [2.45, 2.75) is 77.6 Å². The van der Waals surface area contributed by atoms with Crippen LogP contribution in [0.4, 0.5) is 0 Å². The quantitative estimate of drug-likeness (QED) is 0.140. The molecule has 223 valence electrons. The number of ketones is 1. The molecular formula is C32H42BN3O4SU-. The van der Waals surface area contributed by atoms with E-state index in [2.05, 4.69) is 53.2 Å². The molecule has 2 aliphatic carbocycles. The van der Waals surface area contributed by atoms with Gasteiger partial charge in [-0.15, -0.1) is 12.2 Å². The predicted molar refractivity (Wildman–Crippen MR) is 167 cm³/mol. The van der Waals surface area contributed by atoms with Crippen molar-refractivity contribution in [1.82, 2.24) is 9.88 Å². The van der Waals surface area contributed by atoms with E-state index in [0.29, 0.717) is 25.4 Å². The fourth-order valence-electron chi connectivity index (χ4n) is 6.56. The summed E-state index contributed by atoms with van der Waals surface area (Å²) in [6.07, 6.45) is 17.1. The first-order valence-corrected chi connectivity index (χ1v) is 16.6. The number of allylic oxidation sites excluding steroid dienone is 5. The SMILES string of the molecule is CC(=O)c1ccc2c(C3CCCCC3)c3n(c2c1)CC(CCCNCC[B]S(N)(=O)=O)COC1=C[C-](C)C=CC=C13.[U]. The van der Waals surface area contributed by atoms with Gasteiger partial charge in [0, 0.05) is 71.5 Å². The largest absolute Gasteiger partial charge is 0.549 e. The summed E-state index contributed by atoms with van der Waals surface area (Å²) >= 11 is 0. The first kappa shape index (κ1) is 33.2. The van der Waals surface area contributed by atoms with Crippen LogP contribution in [0.15, 0.2) is 48.3 Å². The molecule has 3 N–H and O–H groups in total. The Morgan fingerprint density at radius 3 is 2.74 bits per heavy atom. The van der Waals surface area contributed by atoms with Gasteiger partial charge in [0.25, 0.3) is 0 Å². The van der Waals surface area contributed by atoms with E-state index < -0.39 is 9.87 Å². The smallest absolute Gasteiger partial charge is 0.301 e. The molecule has 1 aromatic heterocycles. The van der Waals surface area contributed by atoms with E-state index in [1.807, 2.05) is 6.07 Å². The van der Waals surface area contributed by atoms with Gasteiger partial charge in [0.15, 0.2) is 15.7 Å². The van der Waals surface area contributed by atoms with Crippen LogP contribution in [0.25, 0.3) is 16.5 Å². The van der Waals surface area contributed by atoms with Crippen LogP contribution < -0.4 is 10.5 Å². The maximum atomic E-state index is 12.5. The fourth-order valence-corrected chi connectivity index (χ4v) is 7.01. The molecule has 10 heteroatoms. The molecule has 1 aromatic carbocycles. The summed E-state index contributed by atoms with van der Waals surface area (Å²) in [5.41, 5.74) is 5.69. The van der Waals surface area contributed by atoms with Crippen molar-refractivity contribution in [2.75, 3.05) is 19.7 Å². The van der Waals surface area contributed by atoms with Gasteiger partial charge < -0.3 is 14.6 Å². The van der Waals surface area contributed by atoms with Crippen molar-refractivity contribution in [3.05, 3.63) is 71.0 Å². The van der Waals surface area contributed by atoms with Gasteiger partial charge in [-0.25, -0.2) is 13.6 Å². The van der Waals surface area contributed by atoms with E-state index in [1.165, 1.54) is 48.7 Å². The molecule has 1 aliphatic heterocycles. The summed E-state index contributed by atoms with van der Waals surface area (Å²) in [7, 11) is -3.54. The Morgan fingerprint density at radius 2 is 2.00 bits per heavy atom. The Kier molecular flexibility index (Phi) is 11.7. The fraction of sp³-hybridized carbons (Fsp3) is 0.500. The van der Waals surface area contributed by atoms with Crippen LogP contribution >= 0.6 is 0 Å². The Balaban J connectivity index is 0.00000405. The molecule has 0 bridgehead atoms. The number of nitrogens with two attached hydrogens (primary N) is 1. The summed E-state index contributed by atoms with van der Waals surface area (Å²) in [6.45, 7) is 7.70. The summed E-state index contributed by atoms with van der Waals surface area (Å²) in [5, 5.41) is 9.66. The van der Waals surface area contributed by atoms with E-state index in [4.69, 9.17) is 9.88 Å². The van der Waals surface area contributed by atoms with Gasteiger partial charge in [-0.3, -0.25) is 4.79 Å². The zero-order valence-electron chi connectivity index (χ0n) is 24.8. The molecule has 1 radical (unpaired) electrons. The molecule has 5 rings (SSSR count). The Morgan fingerprint density at radius 1 is 1.21 bits per heavy atom. The average Bonchev–Trinajstić information content (AvgIpc) is 3.11. The van der Waals surface area contributed by atoms with Crippen LogP contribution in [-0.2, 0) is 21.2 Å². The number of fused-ring (bicyclic) bond motifs is 5. The van der Waals surface area contributed by atoms with E-state index in [9.17, 15) is 13.2 Å². The Hall–Kier alpha value is -1.69. The van der Waals surface area contributed by atoms with E-state index in [0.717, 1.165) is 60.8 Å². The normalized spacial score (nSPS) is 19.3. The number of hydrogen-bond acceptors (Lipinski definition) is 5. The van der Waals surface area contributed by atoms with Gasteiger partial charge in [0.05, 0.1) is 6.61 Å². The molecule has 0 spiro atoms. The third kappa shape index (κ3) is 8.06. The molecule has 0 amide bonds. The van der Waals surface area contributed by atoms with Crippen molar-refractivity contribution in [2.24, 2.45) is 11.1 Å². The molecule has 2 heterocycles. The van der Waals surface area contributed by atoms with Gasteiger partial charge in [0.1, 0.15) is 0 Å². The number of Topliss-reactive ketones (excluding diaryl/α,β-unsaturated/α-hetero) is 1. The van der Waals surface area contributed by atoms with E-state index in [1.54, 1.807) is 6.92 Å².